The highest BCUT2D eigenvalue weighted by atomic mass is 14.6. The first-order chi connectivity index (χ1) is 3.85. The monoisotopic (exact) mass is 110 g/mol. The third-order valence-corrected chi connectivity index (χ3v) is 2.95. The molecule has 0 saturated heterocycles. The molecule has 3 rings (SSSR count). The Hall–Kier alpha value is 0. The van der Waals surface area contributed by atoms with E-state index in [1.54, 1.807) is 19.3 Å². The van der Waals surface area contributed by atoms with E-state index in [0.717, 1.165) is 5.41 Å². The smallest absolute Gasteiger partial charge is 0.0290 e. The lowest BCUT2D eigenvalue weighted by molar-refractivity contribution is -0.112. The van der Waals surface area contributed by atoms with Crippen molar-refractivity contribution in [3.05, 3.63) is 0 Å². The van der Waals surface area contributed by atoms with Gasteiger partial charge in [0.2, 0.25) is 0 Å². The van der Waals surface area contributed by atoms with Gasteiger partial charge in [0.05, 0.1) is 0 Å². The molecule has 3 aliphatic rings. The van der Waals surface area contributed by atoms with Crippen molar-refractivity contribution in [3.63, 3.8) is 0 Å². The van der Waals surface area contributed by atoms with Gasteiger partial charge in [-0.1, -0.05) is 13.3 Å². The van der Waals surface area contributed by atoms with E-state index >= 15 is 0 Å². The van der Waals surface area contributed by atoms with Crippen LogP contribution in [0.2, 0.25) is 0 Å². The van der Waals surface area contributed by atoms with Gasteiger partial charge >= 0.3 is 0 Å². The summed E-state index contributed by atoms with van der Waals surface area (Å²) < 4.78 is 0. The van der Waals surface area contributed by atoms with Crippen LogP contribution in [0.3, 0.4) is 0 Å². The Bertz CT molecular complexity index is 87.6. The van der Waals surface area contributed by atoms with Gasteiger partial charge in [0.15, 0.2) is 0 Å². The maximum Gasteiger partial charge on any atom is -0.0290 e. The van der Waals surface area contributed by atoms with Crippen LogP contribution in [0.5, 0.6) is 0 Å². The highest BCUT2D eigenvalue weighted by Crippen LogP contribution is 2.66. The van der Waals surface area contributed by atoms with Crippen LogP contribution >= 0.6 is 0 Å². The van der Waals surface area contributed by atoms with Gasteiger partial charge in [0.1, 0.15) is 0 Å². The summed E-state index contributed by atoms with van der Waals surface area (Å²) in [7, 11) is 0. The molecule has 3 saturated carbocycles. The Kier molecular flexibility index (Phi) is 0.778. The lowest BCUT2D eigenvalue weighted by atomic mass is 9.43. The fourth-order valence-electron chi connectivity index (χ4n) is 2.49. The van der Waals surface area contributed by atoms with Crippen LogP contribution in [0.4, 0.5) is 0 Å². The predicted molar refractivity (Wildman–Crippen MR) is 34.7 cm³/mol. The fourth-order valence-corrected chi connectivity index (χ4v) is 2.49. The normalized spacial score (nSPS) is 49.9. The molecule has 0 aromatic carbocycles. The SMILES string of the molecule is CCCC12CC(C1)C2. The van der Waals surface area contributed by atoms with Crippen LogP contribution in [-0.2, 0) is 0 Å². The van der Waals surface area contributed by atoms with Gasteiger partial charge in [-0.2, -0.15) is 0 Å². The average Bonchev–Trinajstić information content (AvgIpc) is 1.50. The van der Waals surface area contributed by atoms with Gasteiger partial charge in [0.25, 0.3) is 0 Å². The Balaban J connectivity index is 1.87. The van der Waals surface area contributed by atoms with Crippen LogP contribution in [0, 0.1) is 11.3 Å². The maximum atomic E-state index is 2.31. The Morgan fingerprint density at radius 2 is 2.00 bits per heavy atom. The van der Waals surface area contributed by atoms with E-state index in [0.29, 0.717) is 0 Å². The summed E-state index contributed by atoms with van der Waals surface area (Å²) in [6.07, 6.45) is 7.68. The number of hydrogen-bond acceptors (Lipinski definition) is 0. The molecule has 0 heteroatoms. The highest BCUT2D eigenvalue weighted by molar-refractivity contribution is 5.05. The van der Waals surface area contributed by atoms with E-state index < -0.39 is 0 Å². The van der Waals surface area contributed by atoms with Crippen molar-refractivity contribution in [2.45, 2.75) is 39.0 Å². The summed E-state index contributed by atoms with van der Waals surface area (Å²) >= 11 is 0. The van der Waals surface area contributed by atoms with E-state index in [9.17, 15) is 0 Å². The minimum absolute atomic E-state index is 0.916. The van der Waals surface area contributed by atoms with Crippen LogP contribution in [0.25, 0.3) is 0 Å². The molecule has 0 aromatic heterocycles. The van der Waals surface area contributed by atoms with Crippen molar-refractivity contribution in [2.75, 3.05) is 0 Å². The topological polar surface area (TPSA) is 0 Å². The van der Waals surface area contributed by atoms with Crippen molar-refractivity contribution in [1.29, 1.82) is 0 Å². The highest BCUT2D eigenvalue weighted by Gasteiger charge is 2.55. The van der Waals surface area contributed by atoms with Gasteiger partial charge in [-0.15, -0.1) is 0 Å². The van der Waals surface area contributed by atoms with E-state index in [1.165, 1.54) is 18.8 Å². The molecule has 2 bridgehead atoms. The summed E-state index contributed by atoms with van der Waals surface area (Å²) in [4.78, 5) is 0. The first kappa shape index (κ1) is 4.84. The summed E-state index contributed by atoms with van der Waals surface area (Å²) in [6, 6.07) is 0. The standard InChI is InChI=1S/C8H14/c1-2-3-8-4-7(5-8)6-8/h7H,2-6H2,1H3. The molecule has 0 unspecified atom stereocenters. The summed E-state index contributed by atoms with van der Waals surface area (Å²) in [5.41, 5.74) is 0.916. The molecule has 46 valence electrons. The summed E-state index contributed by atoms with van der Waals surface area (Å²) in [5.74, 6) is 1.18. The van der Waals surface area contributed by atoms with Crippen LogP contribution < -0.4 is 0 Å². The molecule has 0 atom stereocenters. The number of hydrogen-bond donors (Lipinski definition) is 0. The molecular formula is C8H14. The second-order valence-electron chi connectivity index (χ2n) is 3.73. The van der Waals surface area contributed by atoms with Gasteiger partial charge < -0.3 is 0 Å². The molecule has 8 heavy (non-hydrogen) atoms. The Morgan fingerprint density at radius 1 is 1.38 bits per heavy atom. The zero-order valence-electron chi connectivity index (χ0n) is 5.61. The average molecular weight is 110 g/mol. The Labute approximate surface area is 51.3 Å². The third-order valence-electron chi connectivity index (χ3n) is 2.95. The third kappa shape index (κ3) is 0.416. The van der Waals surface area contributed by atoms with E-state index in [4.69, 9.17) is 0 Å². The predicted octanol–water partition coefficient (Wildman–Crippen LogP) is 2.59. The molecule has 0 N–H and O–H groups in total. The van der Waals surface area contributed by atoms with Gasteiger partial charge in [-0.3, -0.25) is 0 Å². The minimum Gasteiger partial charge on any atom is -0.0654 e. The molecule has 0 radical (unpaired) electrons. The lowest BCUT2D eigenvalue weighted by Gasteiger charge is -2.62. The molecule has 0 heterocycles. The van der Waals surface area contributed by atoms with Crippen LogP contribution in [0.15, 0.2) is 0 Å². The molecule has 0 nitrogen and oxygen atoms in total. The first-order valence-corrected chi connectivity index (χ1v) is 3.85. The number of rotatable bonds is 2. The molecule has 3 aliphatic carbocycles. The zero-order valence-corrected chi connectivity index (χ0v) is 5.61. The van der Waals surface area contributed by atoms with Crippen molar-refractivity contribution in [1.82, 2.24) is 0 Å². The quantitative estimate of drug-likeness (QED) is 0.512. The molecule has 0 aliphatic heterocycles. The van der Waals surface area contributed by atoms with Crippen molar-refractivity contribution in [2.24, 2.45) is 11.3 Å². The molecule has 0 spiro atoms. The summed E-state index contributed by atoms with van der Waals surface area (Å²) in [6.45, 7) is 2.31. The molecule has 0 amide bonds. The molecular weight excluding hydrogens is 96.1 g/mol. The second kappa shape index (κ2) is 1.29. The Morgan fingerprint density at radius 3 is 2.12 bits per heavy atom. The van der Waals surface area contributed by atoms with Gasteiger partial charge in [-0.25, -0.2) is 0 Å². The molecule has 0 aromatic rings. The van der Waals surface area contributed by atoms with Crippen molar-refractivity contribution < 1.29 is 0 Å². The second-order valence-corrected chi connectivity index (χ2v) is 3.73. The van der Waals surface area contributed by atoms with Gasteiger partial charge in [0, 0.05) is 0 Å². The maximum absolute atomic E-state index is 2.31. The lowest BCUT2D eigenvalue weighted by Crippen LogP contribution is -2.51. The zero-order chi connectivity index (χ0) is 5.61. The summed E-state index contributed by atoms with van der Waals surface area (Å²) in [5, 5.41) is 0. The van der Waals surface area contributed by atoms with Crippen molar-refractivity contribution >= 4 is 0 Å². The minimum atomic E-state index is 0.916. The fraction of sp³-hybridized carbons (Fsp3) is 1.00. The molecule has 3 fully saturated rings. The van der Waals surface area contributed by atoms with Crippen LogP contribution in [0.1, 0.15) is 39.0 Å². The van der Waals surface area contributed by atoms with Crippen LogP contribution in [-0.4, -0.2) is 0 Å². The first-order valence-electron chi connectivity index (χ1n) is 3.85. The van der Waals surface area contributed by atoms with E-state index in [1.807, 2.05) is 0 Å². The van der Waals surface area contributed by atoms with E-state index in [-0.39, 0.29) is 0 Å². The largest absolute Gasteiger partial charge is 0.0654 e. The van der Waals surface area contributed by atoms with E-state index in [2.05, 4.69) is 6.92 Å². The van der Waals surface area contributed by atoms with Crippen molar-refractivity contribution in [3.8, 4) is 0 Å². The van der Waals surface area contributed by atoms with Gasteiger partial charge in [-0.05, 0) is 37.0 Å².